The Morgan fingerprint density at radius 1 is 0.885 bits per heavy atom. The number of fused-ring (bicyclic) bond motifs is 1. The number of anilines is 1. The van der Waals surface area contributed by atoms with Crippen LogP contribution in [0.4, 0.5) is 5.69 Å². The van der Waals surface area contributed by atoms with E-state index in [0.29, 0.717) is 6.54 Å². The van der Waals surface area contributed by atoms with Crippen molar-refractivity contribution in [1.29, 1.82) is 0 Å². The van der Waals surface area contributed by atoms with Crippen LogP contribution in [-0.2, 0) is 12.1 Å². The molecule has 0 amide bonds. The Morgan fingerprint density at radius 2 is 1.54 bits per heavy atom. The topological polar surface area (TPSA) is 32.7 Å². The first-order valence-corrected chi connectivity index (χ1v) is 8.88. The summed E-state index contributed by atoms with van der Waals surface area (Å²) in [5, 5.41) is 11.8. The lowest BCUT2D eigenvalue weighted by atomic mass is 9.78. The van der Waals surface area contributed by atoms with E-state index >= 15 is 0 Å². The van der Waals surface area contributed by atoms with Crippen molar-refractivity contribution in [2.45, 2.75) is 19.1 Å². The summed E-state index contributed by atoms with van der Waals surface area (Å²) in [6, 6.07) is 24.3. The Morgan fingerprint density at radius 3 is 2.23 bits per heavy atom. The predicted molar refractivity (Wildman–Crippen MR) is 105 cm³/mol. The van der Waals surface area contributed by atoms with Crippen LogP contribution < -0.4 is 9.64 Å². The zero-order valence-corrected chi connectivity index (χ0v) is 15.1. The van der Waals surface area contributed by atoms with Gasteiger partial charge >= 0.3 is 0 Å². The molecular weight excluding hydrogens is 322 g/mol. The molecule has 3 nitrogen and oxygen atoms in total. The van der Waals surface area contributed by atoms with Crippen molar-refractivity contribution in [3.8, 4) is 5.75 Å². The van der Waals surface area contributed by atoms with Crippen LogP contribution in [0.25, 0.3) is 0 Å². The van der Waals surface area contributed by atoms with Gasteiger partial charge in [-0.15, -0.1) is 0 Å². The second-order valence-electron chi connectivity index (χ2n) is 6.89. The van der Waals surface area contributed by atoms with Crippen LogP contribution in [0.1, 0.15) is 22.3 Å². The van der Waals surface area contributed by atoms with Gasteiger partial charge in [0, 0.05) is 12.2 Å². The average molecular weight is 345 g/mol. The van der Waals surface area contributed by atoms with E-state index in [4.69, 9.17) is 4.74 Å². The Kier molecular flexibility index (Phi) is 4.17. The van der Waals surface area contributed by atoms with E-state index in [-0.39, 0.29) is 0 Å². The molecule has 0 fully saturated rings. The maximum absolute atomic E-state index is 11.8. The molecule has 0 aromatic heterocycles. The molecular formula is C23H23NO2. The lowest BCUT2D eigenvalue weighted by Crippen LogP contribution is -2.47. The summed E-state index contributed by atoms with van der Waals surface area (Å²) >= 11 is 0. The van der Waals surface area contributed by atoms with Gasteiger partial charge in [-0.3, -0.25) is 0 Å². The molecule has 0 aliphatic carbocycles. The van der Waals surface area contributed by atoms with Gasteiger partial charge in [0.2, 0.25) is 0 Å². The maximum atomic E-state index is 11.8. The van der Waals surface area contributed by atoms with Crippen LogP contribution >= 0.6 is 0 Å². The molecule has 4 rings (SSSR count). The Hall–Kier alpha value is -2.78. The van der Waals surface area contributed by atoms with Crippen molar-refractivity contribution in [1.82, 2.24) is 0 Å². The van der Waals surface area contributed by atoms with Crippen molar-refractivity contribution >= 4 is 5.69 Å². The van der Waals surface area contributed by atoms with Crippen molar-refractivity contribution in [2.24, 2.45) is 0 Å². The third-order valence-electron chi connectivity index (χ3n) is 5.27. The van der Waals surface area contributed by atoms with E-state index in [9.17, 15) is 5.11 Å². The van der Waals surface area contributed by atoms with Crippen molar-refractivity contribution in [2.75, 3.05) is 18.6 Å². The predicted octanol–water partition coefficient (Wildman–Crippen LogP) is 4.26. The molecule has 1 aliphatic heterocycles. The fourth-order valence-corrected chi connectivity index (χ4v) is 3.93. The molecule has 3 aromatic carbocycles. The quantitative estimate of drug-likeness (QED) is 0.770. The number of methoxy groups -OCH3 is 1. The molecule has 0 bridgehead atoms. The number of rotatable bonds is 3. The number of aryl methyl sites for hydroxylation is 1. The summed E-state index contributed by atoms with van der Waals surface area (Å²) in [5.41, 5.74) is 4.25. The van der Waals surface area contributed by atoms with Gasteiger partial charge in [0.25, 0.3) is 0 Å². The number of hydrogen-bond donors (Lipinski definition) is 1. The van der Waals surface area contributed by atoms with Crippen LogP contribution in [0.3, 0.4) is 0 Å². The SMILES string of the molecule is COc1ccc(N2Cc3ccccc3[C@](O)(c3ccccc3C)C2)cc1. The third-order valence-corrected chi connectivity index (χ3v) is 5.27. The summed E-state index contributed by atoms with van der Waals surface area (Å²) in [6.45, 7) is 3.35. The van der Waals surface area contributed by atoms with Gasteiger partial charge in [0.15, 0.2) is 0 Å². The summed E-state index contributed by atoms with van der Waals surface area (Å²) < 4.78 is 5.27. The number of ether oxygens (including phenoxy) is 1. The van der Waals surface area contributed by atoms with E-state index in [1.807, 2.05) is 60.7 Å². The molecule has 26 heavy (non-hydrogen) atoms. The maximum Gasteiger partial charge on any atom is 0.133 e. The Balaban J connectivity index is 1.82. The third kappa shape index (κ3) is 2.74. The van der Waals surface area contributed by atoms with E-state index in [0.717, 1.165) is 40.2 Å². The first-order chi connectivity index (χ1) is 12.6. The molecule has 0 saturated carbocycles. The molecule has 3 aromatic rings. The molecule has 132 valence electrons. The van der Waals surface area contributed by atoms with Crippen molar-refractivity contribution in [3.05, 3.63) is 95.1 Å². The van der Waals surface area contributed by atoms with E-state index in [1.165, 1.54) is 0 Å². The van der Waals surface area contributed by atoms with Crippen LogP contribution in [-0.4, -0.2) is 18.8 Å². The standard InChI is InChI=1S/C23H23NO2/c1-17-7-3-5-9-21(17)23(25)16-24(15-18-8-4-6-10-22(18)23)19-11-13-20(26-2)14-12-19/h3-14,25H,15-16H2,1-2H3/t23-/m1/s1. The fourth-order valence-electron chi connectivity index (χ4n) is 3.93. The molecule has 1 heterocycles. The first kappa shape index (κ1) is 16.7. The normalized spacial score (nSPS) is 19.1. The minimum Gasteiger partial charge on any atom is -0.497 e. The number of aliphatic hydroxyl groups is 1. The Labute approximate surface area is 154 Å². The molecule has 0 unspecified atom stereocenters. The number of hydrogen-bond acceptors (Lipinski definition) is 3. The minimum absolute atomic E-state index is 0.515. The molecule has 1 atom stereocenters. The second kappa shape index (κ2) is 6.50. The summed E-state index contributed by atoms with van der Waals surface area (Å²) in [6.07, 6.45) is 0. The van der Waals surface area contributed by atoms with E-state index in [2.05, 4.69) is 24.0 Å². The molecule has 0 saturated heterocycles. The average Bonchev–Trinajstić information content (AvgIpc) is 2.68. The summed E-state index contributed by atoms with van der Waals surface area (Å²) in [4.78, 5) is 2.23. The van der Waals surface area contributed by atoms with Gasteiger partial charge in [-0.25, -0.2) is 0 Å². The highest BCUT2D eigenvalue weighted by Crippen LogP contribution is 2.40. The van der Waals surface area contributed by atoms with Gasteiger partial charge in [0.1, 0.15) is 11.4 Å². The van der Waals surface area contributed by atoms with E-state index in [1.54, 1.807) is 7.11 Å². The van der Waals surface area contributed by atoms with Gasteiger partial charge < -0.3 is 14.7 Å². The fraction of sp³-hybridized carbons (Fsp3) is 0.217. The van der Waals surface area contributed by atoms with E-state index < -0.39 is 5.60 Å². The van der Waals surface area contributed by atoms with Crippen LogP contribution in [0.15, 0.2) is 72.8 Å². The van der Waals surface area contributed by atoms with Crippen molar-refractivity contribution in [3.63, 3.8) is 0 Å². The molecule has 1 aliphatic rings. The monoisotopic (exact) mass is 345 g/mol. The second-order valence-corrected chi connectivity index (χ2v) is 6.89. The highest BCUT2D eigenvalue weighted by atomic mass is 16.5. The molecule has 0 spiro atoms. The molecule has 3 heteroatoms. The summed E-state index contributed by atoms with van der Waals surface area (Å²) in [5.74, 6) is 0.834. The highest BCUT2D eigenvalue weighted by molar-refractivity contribution is 5.56. The van der Waals surface area contributed by atoms with Gasteiger partial charge in [-0.1, -0.05) is 48.5 Å². The lowest BCUT2D eigenvalue weighted by molar-refractivity contribution is 0.0800. The van der Waals surface area contributed by atoms with Crippen molar-refractivity contribution < 1.29 is 9.84 Å². The van der Waals surface area contributed by atoms with Gasteiger partial charge in [0.05, 0.1) is 13.7 Å². The van der Waals surface area contributed by atoms with Crippen LogP contribution in [0.2, 0.25) is 0 Å². The molecule has 0 radical (unpaired) electrons. The number of nitrogens with zero attached hydrogens (tertiary/aromatic N) is 1. The van der Waals surface area contributed by atoms with Crippen LogP contribution in [0, 0.1) is 6.92 Å². The highest BCUT2D eigenvalue weighted by Gasteiger charge is 2.40. The van der Waals surface area contributed by atoms with Gasteiger partial charge in [-0.05, 0) is 53.4 Å². The summed E-state index contributed by atoms with van der Waals surface area (Å²) in [7, 11) is 1.67. The zero-order valence-electron chi connectivity index (χ0n) is 15.1. The first-order valence-electron chi connectivity index (χ1n) is 8.88. The van der Waals surface area contributed by atoms with Gasteiger partial charge in [-0.2, -0.15) is 0 Å². The van der Waals surface area contributed by atoms with Crippen LogP contribution in [0.5, 0.6) is 5.75 Å². The lowest BCUT2D eigenvalue weighted by Gasteiger charge is -2.43. The number of β-amino-alcohol motifs (C(OH)–C–C–N with tert-alkyl or cyclic N) is 1. The molecule has 1 N–H and O–H groups in total. The minimum atomic E-state index is -1.04. The largest absolute Gasteiger partial charge is 0.497 e. The Bertz CT molecular complexity index is 920. The number of benzene rings is 3. The zero-order chi connectivity index (χ0) is 18.1. The smallest absolute Gasteiger partial charge is 0.133 e.